The first-order chi connectivity index (χ1) is 12.7. The van der Waals surface area contributed by atoms with E-state index >= 15 is 0 Å². The lowest BCUT2D eigenvalue weighted by Crippen LogP contribution is -2.39. The van der Waals surface area contributed by atoms with Gasteiger partial charge < -0.3 is 4.90 Å². The molecule has 1 aliphatic heterocycles. The maximum Gasteiger partial charge on any atom is 0.222 e. The number of hydrogen-bond donors (Lipinski definition) is 0. The van der Waals surface area contributed by atoms with E-state index in [9.17, 15) is 4.79 Å². The molecule has 3 heterocycles. The molecule has 0 spiro atoms. The molecule has 0 aliphatic carbocycles. The van der Waals surface area contributed by atoms with Crippen LogP contribution in [-0.4, -0.2) is 43.6 Å². The molecular formula is C20H23N5O. The largest absolute Gasteiger partial charge is 0.342 e. The molecule has 4 rings (SSSR count). The highest BCUT2D eigenvalue weighted by Crippen LogP contribution is 2.30. The predicted molar refractivity (Wildman–Crippen MR) is 99.6 cm³/mol. The molecule has 0 bridgehead atoms. The second-order valence-corrected chi connectivity index (χ2v) is 6.90. The maximum absolute atomic E-state index is 12.7. The molecule has 1 atom stereocenters. The Morgan fingerprint density at radius 3 is 2.85 bits per heavy atom. The lowest BCUT2D eigenvalue weighted by molar-refractivity contribution is -0.132. The predicted octanol–water partition coefficient (Wildman–Crippen LogP) is 2.70. The van der Waals surface area contributed by atoms with Gasteiger partial charge in [-0.2, -0.15) is 5.10 Å². The molecular weight excluding hydrogens is 326 g/mol. The molecule has 1 unspecified atom stereocenters. The fraction of sp³-hybridized carbons (Fsp3) is 0.400. The third kappa shape index (κ3) is 3.31. The van der Waals surface area contributed by atoms with Crippen molar-refractivity contribution in [2.45, 2.75) is 31.6 Å². The monoisotopic (exact) mass is 349 g/mol. The van der Waals surface area contributed by atoms with Crippen LogP contribution in [0.1, 0.15) is 36.4 Å². The summed E-state index contributed by atoms with van der Waals surface area (Å²) in [6.45, 7) is 1.55. The highest BCUT2D eigenvalue weighted by Gasteiger charge is 2.28. The molecule has 2 aromatic heterocycles. The molecule has 26 heavy (non-hydrogen) atoms. The highest BCUT2D eigenvalue weighted by atomic mass is 16.2. The number of rotatable bonds is 4. The third-order valence-electron chi connectivity index (χ3n) is 5.12. The summed E-state index contributed by atoms with van der Waals surface area (Å²) in [6.07, 6.45) is 6.77. The van der Waals surface area contributed by atoms with Crippen molar-refractivity contribution >= 4 is 17.1 Å². The number of aromatic nitrogens is 4. The second-order valence-electron chi connectivity index (χ2n) is 6.90. The van der Waals surface area contributed by atoms with Crippen LogP contribution in [0.4, 0.5) is 0 Å². The average molecular weight is 349 g/mol. The summed E-state index contributed by atoms with van der Waals surface area (Å²) in [5, 5.41) is 4.65. The van der Waals surface area contributed by atoms with Gasteiger partial charge in [0.2, 0.25) is 5.91 Å². The van der Waals surface area contributed by atoms with Gasteiger partial charge in [0.25, 0.3) is 0 Å². The summed E-state index contributed by atoms with van der Waals surface area (Å²) in [4.78, 5) is 23.5. The first-order valence-corrected chi connectivity index (χ1v) is 9.17. The summed E-state index contributed by atoms with van der Waals surface area (Å²) in [5.74, 6) is 0.453. The first kappa shape index (κ1) is 16.7. The number of piperidine rings is 1. The molecule has 1 fully saturated rings. The van der Waals surface area contributed by atoms with E-state index in [0.29, 0.717) is 6.42 Å². The van der Waals surface area contributed by atoms with Crippen molar-refractivity contribution in [3.8, 4) is 0 Å². The average Bonchev–Trinajstić information content (AvgIpc) is 3.04. The molecule has 134 valence electrons. The van der Waals surface area contributed by atoms with E-state index in [4.69, 9.17) is 0 Å². The topological polar surface area (TPSA) is 63.9 Å². The van der Waals surface area contributed by atoms with Gasteiger partial charge >= 0.3 is 0 Å². The Kier molecular flexibility index (Phi) is 4.65. The SMILES string of the molecule is Cn1nc(C2CCCN(C(=O)CCc3ccccc3)C2)c2nccnc21. The van der Waals surface area contributed by atoms with E-state index in [1.54, 1.807) is 17.1 Å². The van der Waals surface area contributed by atoms with Crippen LogP contribution in [0.3, 0.4) is 0 Å². The van der Waals surface area contributed by atoms with Gasteiger partial charge in [-0.3, -0.25) is 4.79 Å². The number of nitrogens with zero attached hydrogens (tertiary/aromatic N) is 5. The fourth-order valence-electron chi connectivity index (χ4n) is 3.76. The number of likely N-dealkylation sites (tertiary alicyclic amines) is 1. The molecule has 1 aliphatic rings. The number of carbonyl (C=O) groups excluding carboxylic acids is 1. The number of carbonyl (C=O) groups is 1. The standard InChI is InChI=1S/C20H23N5O/c1-24-20-19(21-11-12-22-20)18(23-24)16-8-5-13-25(14-16)17(26)10-9-15-6-3-2-4-7-15/h2-4,6-7,11-12,16H,5,8-10,13-14H2,1H3. The van der Waals surface area contributed by atoms with Crippen LogP contribution in [0.25, 0.3) is 11.2 Å². The summed E-state index contributed by atoms with van der Waals surface area (Å²) in [7, 11) is 1.89. The van der Waals surface area contributed by atoms with Crippen LogP contribution in [0, 0.1) is 0 Å². The van der Waals surface area contributed by atoms with Crippen molar-refractivity contribution in [3.05, 3.63) is 54.0 Å². The smallest absolute Gasteiger partial charge is 0.222 e. The molecule has 0 radical (unpaired) electrons. The number of benzene rings is 1. The minimum absolute atomic E-state index is 0.227. The maximum atomic E-state index is 12.7. The quantitative estimate of drug-likeness (QED) is 0.726. The van der Waals surface area contributed by atoms with Crippen LogP contribution in [0.5, 0.6) is 0 Å². The van der Waals surface area contributed by atoms with Crippen LogP contribution in [0.2, 0.25) is 0 Å². The summed E-state index contributed by atoms with van der Waals surface area (Å²) in [5.41, 5.74) is 3.84. The zero-order valence-electron chi connectivity index (χ0n) is 15.0. The van der Waals surface area contributed by atoms with Crippen LogP contribution in [-0.2, 0) is 18.3 Å². The normalized spacial score (nSPS) is 17.6. The van der Waals surface area contributed by atoms with Gasteiger partial charge in [0, 0.05) is 44.9 Å². The molecule has 6 heteroatoms. The Morgan fingerprint density at radius 1 is 1.19 bits per heavy atom. The summed E-state index contributed by atoms with van der Waals surface area (Å²) >= 11 is 0. The van der Waals surface area contributed by atoms with Crippen LogP contribution < -0.4 is 0 Å². The van der Waals surface area contributed by atoms with E-state index in [0.717, 1.165) is 49.2 Å². The Balaban J connectivity index is 1.46. The molecule has 0 N–H and O–H groups in total. The van der Waals surface area contributed by atoms with Crippen molar-refractivity contribution in [2.24, 2.45) is 7.05 Å². The number of hydrogen-bond acceptors (Lipinski definition) is 4. The zero-order valence-corrected chi connectivity index (χ0v) is 15.0. The van der Waals surface area contributed by atoms with E-state index in [-0.39, 0.29) is 11.8 Å². The Morgan fingerprint density at radius 2 is 2.00 bits per heavy atom. The van der Waals surface area contributed by atoms with Gasteiger partial charge in [-0.25, -0.2) is 14.6 Å². The van der Waals surface area contributed by atoms with Crippen molar-refractivity contribution in [2.75, 3.05) is 13.1 Å². The molecule has 1 amide bonds. The minimum Gasteiger partial charge on any atom is -0.342 e. The first-order valence-electron chi connectivity index (χ1n) is 9.17. The fourth-order valence-corrected chi connectivity index (χ4v) is 3.76. The second kappa shape index (κ2) is 7.23. The lowest BCUT2D eigenvalue weighted by Gasteiger charge is -2.32. The molecule has 0 saturated carbocycles. The van der Waals surface area contributed by atoms with E-state index in [2.05, 4.69) is 27.2 Å². The molecule has 3 aromatic rings. The van der Waals surface area contributed by atoms with Crippen molar-refractivity contribution < 1.29 is 4.79 Å². The number of fused-ring (bicyclic) bond motifs is 1. The van der Waals surface area contributed by atoms with E-state index < -0.39 is 0 Å². The summed E-state index contributed by atoms with van der Waals surface area (Å²) in [6, 6.07) is 10.2. The van der Waals surface area contributed by atoms with Gasteiger partial charge in [0.15, 0.2) is 5.65 Å². The zero-order chi connectivity index (χ0) is 17.9. The van der Waals surface area contributed by atoms with Gasteiger partial charge in [-0.15, -0.1) is 0 Å². The molecule has 1 saturated heterocycles. The minimum atomic E-state index is 0.227. The number of amides is 1. The summed E-state index contributed by atoms with van der Waals surface area (Å²) < 4.78 is 1.79. The van der Waals surface area contributed by atoms with E-state index in [1.165, 1.54) is 5.56 Å². The van der Waals surface area contributed by atoms with Gasteiger partial charge in [-0.1, -0.05) is 30.3 Å². The van der Waals surface area contributed by atoms with Gasteiger partial charge in [0.05, 0.1) is 5.69 Å². The van der Waals surface area contributed by atoms with Gasteiger partial charge in [-0.05, 0) is 24.8 Å². The van der Waals surface area contributed by atoms with Gasteiger partial charge in [0.1, 0.15) is 5.52 Å². The molecule has 1 aromatic carbocycles. The van der Waals surface area contributed by atoms with Crippen molar-refractivity contribution in [1.82, 2.24) is 24.6 Å². The lowest BCUT2D eigenvalue weighted by atomic mass is 9.94. The third-order valence-corrected chi connectivity index (χ3v) is 5.12. The van der Waals surface area contributed by atoms with Crippen molar-refractivity contribution in [1.29, 1.82) is 0 Å². The Bertz CT molecular complexity index is 905. The van der Waals surface area contributed by atoms with Crippen molar-refractivity contribution in [3.63, 3.8) is 0 Å². The number of aryl methyl sites for hydroxylation is 2. The van der Waals surface area contributed by atoms with Crippen LogP contribution in [0.15, 0.2) is 42.7 Å². The van der Waals surface area contributed by atoms with Crippen LogP contribution >= 0.6 is 0 Å². The Labute approximate surface area is 152 Å². The van der Waals surface area contributed by atoms with E-state index in [1.807, 2.05) is 30.1 Å². The highest BCUT2D eigenvalue weighted by molar-refractivity contribution is 5.77. The molecule has 6 nitrogen and oxygen atoms in total. The Hall–Kier alpha value is -2.76.